The second-order valence-corrected chi connectivity index (χ2v) is 7.00. The molecule has 3 aromatic rings. The Hall–Kier alpha value is -3.15. The highest BCUT2D eigenvalue weighted by atomic mass is 16.5. The number of carbonyl (C=O) groups excluding carboxylic acids is 1. The molecule has 0 saturated carbocycles. The molecule has 4 rings (SSSR count). The van der Waals surface area contributed by atoms with Crippen LogP contribution in [0.15, 0.2) is 48.5 Å². The standard InChI is InChI=1S/C21H22N4O2/c1-14-5-4-6-15(9-14)12-25-21(23-20(24-25)11-19(22)26)17-10-16-7-2-3-8-18(16)27-13-17/h2-9,17H,10-13H2,1H3,(H2,22,26)/t17-/m1/s1. The molecule has 2 aromatic carbocycles. The summed E-state index contributed by atoms with van der Waals surface area (Å²) >= 11 is 0. The maximum atomic E-state index is 11.3. The van der Waals surface area contributed by atoms with E-state index >= 15 is 0 Å². The van der Waals surface area contributed by atoms with Gasteiger partial charge < -0.3 is 10.5 Å². The molecule has 1 atom stereocenters. The van der Waals surface area contributed by atoms with Crippen LogP contribution < -0.4 is 10.5 Å². The van der Waals surface area contributed by atoms with E-state index in [4.69, 9.17) is 10.5 Å². The van der Waals surface area contributed by atoms with Crippen LogP contribution in [0.5, 0.6) is 5.75 Å². The number of hydrogen-bond donors (Lipinski definition) is 1. The van der Waals surface area contributed by atoms with Gasteiger partial charge in [-0.15, -0.1) is 0 Å². The molecule has 0 aliphatic carbocycles. The topological polar surface area (TPSA) is 83.0 Å². The summed E-state index contributed by atoms with van der Waals surface area (Å²) in [4.78, 5) is 16.0. The van der Waals surface area contributed by atoms with Gasteiger partial charge in [-0.1, -0.05) is 48.0 Å². The molecular formula is C21H22N4O2. The van der Waals surface area contributed by atoms with Crippen molar-refractivity contribution in [2.24, 2.45) is 5.73 Å². The van der Waals surface area contributed by atoms with Crippen LogP contribution in [0.25, 0.3) is 0 Å². The SMILES string of the molecule is Cc1cccc(Cn2nc(CC(N)=O)nc2[C@H]2COc3ccccc3C2)c1. The van der Waals surface area contributed by atoms with Gasteiger partial charge in [-0.2, -0.15) is 5.10 Å². The Kier molecular flexibility index (Phi) is 4.62. The molecule has 0 fully saturated rings. The number of primary amides is 1. The summed E-state index contributed by atoms with van der Waals surface area (Å²) in [5, 5.41) is 4.56. The van der Waals surface area contributed by atoms with Gasteiger partial charge in [0.2, 0.25) is 5.91 Å². The number of aromatic nitrogens is 3. The molecule has 0 spiro atoms. The molecule has 27 heavy (non-hydrogen) atoms. The first-order chi connectivity index (χ1) is 13.1. The highest BCUT2D eigenvalue weighted by Gasteiger charge is 2.26. The number of amides is 1. The lowest BCUT2D eigenvalue weighted by Gasteiger charge is -2.25. The van der Waals surface area contributed by atoms with Crippen molar-refractivity contribution in [3.63, 3.8) is 0 Å². The van der Waals surface area contributed by atoms with Crippen molar-refractivity contribution in [1.82, 2.24) is 14.8 Å². The minimum Gasteiger partial charge on any atom is -0.493 e. The number of carbonyl (C=O) groups is 1. The first-order valence-electron chi connectivity index (χ1n) is 9.06. The lowest BCUT2D eigenvalue weighted by molar-refractivity contribution is -0.117. The number of benzene rings is 2. The van der Waals surface area contributed by atoms with Gasteiger partial charge in [0.1, 0.15) is 11.6 Å². The van der Waals surface area contributed by atoms with Crippen LogP contribution in [0.1, 0.15) is 34.3 Å². The largest absolute Gasteiger partial charge is 0.493 e. The van der Waals surface area contributed by atoms with Crippen LogP contribution in [0.3, 0.4) is 0 Å². The molecule has 1 aliphatic heterocycles. The van der Waals surface area contributed by atoms with Crippen LogP contribution in [0.4, 0.5) is 0 Å². The van der Waals surface area contributed by atoms with E-state index in [-0.39, 0.29) is 12.3 Å². The number of nitrogens with zero attached hydrogens (tertiary/aromatic N) is 3. The van der Waals surface area contributed by atoms with Gasteiger partial charge in [-0.3, -0.25) is 4.79 Å². The third kappa shape index (κ3) is 3.84. The van der Waals surface area contributed by atoms with Crippen molar-refractivity contribution in [3.8, 4) is 5.75 Å². The zero-order chi connectivity index (χ0) is 18.8. The number of fused-ring (bicyclic) bond motifs is 1. The number of hydrogen-bond acceptors (Lipinski definition) is 4. The minimum atomic E-state index is -0.431. The Bertz CT molecular complexity index is 980. The quantitative estimate of drug-likeness (QED) is 0.755. The predicted octanol–water partition coefficient (Wildman–Crippen LogP) is 2.38. The summed E-state index contributed by atoms with van der Waals surface area (Å²) in [5.41, 5.74) is 8.85. The first kappa shape index (κ1) is 17.3. The summed E-state index contributed by atoms with van der Waals surface area (Å²) in [6, 6.07) is 16.4. The Morgan fingerprint density at radius 3 is 2.93 bits per heavy atom. The van der Waals surface area contributed by atoms with Crippen molar-refractivity contribution in [3.05, 3.63) is 76.9 Å². The highest BCUT2D eigenvalue weighted by molar-refractivity contribution is 5.75. The minimum absolute atomic E-state index is 0.0397. The Balaban J connectivity index is 1.66. The van der Waals surface area contributed by atoms with Crippen LogP contribution in [0, 0.1) is 6.92 Å². The number of aryl methyl sites for hydroxylation is 1. The average molecular weight is 362 g/mol. The van der Waals surface area contributed by atoms with Crippen molar-refractivity contribution < 1.29 is 9.53 Å². The van der Waals surface area contributed by atoms with Gasteiger partial charge in [0.25, 0.3) is 0 Å². The molecule has 0 bridgehead atoms. The summed E-state index contributed by atoms with van der Waals surface area (Å²) in [6.07, 6.45) is 0.872. The first-order valence-corrected chi connectivity index (χ1v) is 9.06. The fraction of sp³-hybridized carbons (Fsp3) is 0.286. The fourth-order valence-electron chi connectivity index (χ4n) is 3.53. The van der Waals surface area contributed by atoms with Crippen molar-refractivity contribution in [1.29, 1.82) is 0 Å². The van der Waals surface area contributed by atoms with Gasteiger partial charge in [-0.05, 0) is 30.5 Å². The van der Waals surface area contributed by atoms with E-state index in [2.05, 4.69) is 41.3 Å². The van der Waals surface area contributed by atoms with Gasteiger partial charge in [0, 0.05) is 0 Å². The van der Waals surface area contributed by atoms with Gasteiger partial charge in [0.05, 0.1) is 25.5 Å². The Morgan fingerprint density at radius 1 is 1.26 bits per heavy atom. The number of rotatable bonds is 5. The molecule has 1 aliphatic rings. The molecule has 6 heteroatoms. The average Bonchev–Trinajstić information content (AvgIpc) is 3.02. The van der Waals surface area contributed by atoms with Crippen molar-refractivity contribution >= 4 is 5.91 Å². The maximum absolute atomic E-state index is 11.3. The van der Waals surface area contributed by atoms with E-state index in [9.17, 15) is 4.79 Å². The second kappa shape index (κ2) is 7.23. The van der Waals surface area contributed by atoms with Crippen molar-refractivity contribution in [2.45, 2.75) is 32.2 Å². The smallest absolute Gasteiger partial charge is 0.225 e. The lowest BCUT2D eigenvalue weighted by atomic mass is 9.96. The molecule has 0 radical (unpaired) electrons. The molecule has 2 N–H and O–H groups in total. The zero-order valence-corrected chi connectivity index (χ0v) is 15.3. The van der Waals surface area contributed by atoms with E-state index in [1.807, 2.05) is 28.9 Å². The van der Waals surface area contributed by atoms with E-state index in [0.29, 0.717) is 19.0 Å². The predicted molar refractivity (Wildman–Crippen MR) is 102 cm³/mol. The second-order valence-electron chi connectivity index (χ2n) is 7.00. The summed E-state index contributed by atoms with van der Waals surface area (Å²) in [6.45, 7) is 3.20. The highest BCUT2D eigenvalue weighted by Crippen LogP contribution is 2.31. The number of para-hydroxylation sites is 1. The van der Waals surface area contributed by atoms with Gasteiger partial charge >= 0.3 is 0 Å². The molecular weight excluding hydrogens is 340 g/mol. The summed E-state index contributed by atoms with van der Waals surface area (Å²) < 4.78 is 7.82. The van der Waals surface area contributed by atoms with E-state index in [1.165, 1.54) is 5.56 Å². The van der Waals surface area contributed by atoms with Crippen LogP contribution >= 0.6 is 0 Å². The molecule has 6 nitrogen and oxygen atoms in total. The molecule has 0 saturated heterocycles. The van der Waals surface area contributed by atoms with E-state index < -0.39 is 5.91 Å². The van der Waals surface area contributed by atoms with Crippen LogP contribution in [0.2, 0.25) is 0 Å². The molecule has 2 heterocycles. The normalized spacial score (nSPS) is 15.8. The Morgan fingerprint density at radius 2 is 2.11 bits per heavy atom. The van der Waals surface area contributed by atoms with E-state index in [0.717, 1.165) is 29.1 Å². The van der Waals surface area contributed by atoms with Gasteiger partial charge in [0.15, 0.2) is 5.82 Å². The summed E-state index contributed by atoms with van der Waals surface area (Å²) in [5.74, 6) is 1.88. The molecule has 1 amide bonds. The van der Waals surface area contributed by atoms with Gasteiger partial charge in [-0.25, -0.2) is 9.67 Å². The monoisotopic (exact) mass is 362 g/mol. The van der Waals surface area contributed by atoms with Crippen LogP contribution in [-0.2, 0) is 24.2 Å². The zero-order valence-electron chi connectivity index (χ0n) is 15.3. The summed E-state index contributed by atoms with van der Waals surface area (Å²) in [7, 11) is 0. The Labute approximate surface area is 158 Å². The molecule has 138 valence electrons. The maximum Gasteiger partial charge on any atom is 0.225 e. The lowest BCUT2D eigenvalue weighted by Crippen LogP contribution is -2.23. The van der Waals surface area contributed by atoms with Crippen LogP contribution in [-0.4, -0.2) is 27.3 Å². The third-order valence-electron chi connectivity index (χ3n) is 4.74. The number of nitrogens with two attached hydrogens (primary N) is 1. The fourth-order valence-corrected chi connectivity index (χ4v) is 3.53. The van der Waals surface area contributed by atoms with E-state index in [1.54, 1.807) is 0 Å². The number of ether oxygens (including phenoxy) is 1. The molecule has 1 aromatic heterocycles. The third-order valence-corrected chi connectivity index (χ3v) is 4.74. The molecule has 0 unspecified atom stereocenters. The van der Waals surface area contributed by atoms with Crippen molar-refractivity contribution in [2.75, 3.05) is 6.61 Å².